The summed E-state index contributed by atoms with van der Waals surface area (Å²) >= 11 is 0. The molecule has 0 fully saturated rings. The highest BCUT2D eigenvalue weighted by Gasteiger charge is 2.20. The molecule has 0 saturated heterocycles. The summed E-state index contributed by atoms with van der Waals surface area (Å²) in [5.74, 6) is -1.40. The molecule has 0 aliphatic heterocycles. The largest absolute Gasteiger partial charge is 0.454 e. The number of hydrogen-bond donors (Lipinski definition) is 0. The zero-order valence-electron chi connectivity index (χ0n) is 15.6. The molecule has 136 valence electrons. The van der Waals surface area contributed by atoms with Crippen LogP contribution in [0.25, 0.3) is 0 Å². The highest BCUT2D eigenvalue weighted by Crippen LogP contribution is 2.23. The average molecular weight is 354 g/mol. The van der Waals surface area contributed by atoms with Crippen molar-refractivity contribution in [1.29, 1.82) is 0 Å². The van der Waals surface area contributed by atoms with E-state index in [-0.39, 0.29) is 23.7 Å². The first-order chi connectivity index (χ1) is 12.2. The topological polar surface area (TPSA) is 69.7 Å². The fourth-order valence-corrected chi connectivity index (χ4v) is 2.80. The van der Waals surface area contributed by atoms with Gasteiger partial charge in [0, 0.05) is 12.5 Å². The fourth-order valence-electron chi connectivity index (χ4n) is 2.80. The molecular formula is C21H22O5. The molecule has 5 nitrogen and oxygen atoms in total. The minimum Gasteiger partial charge on any atom is -0.454 e. The van der Waals surface area contributed by atoms with E-state index in [2.05, 4.69) is 0 Å². The van der Waals surface area contributed by atoms with E-state index < -0.39 is 11.9 Å². The number of rotatable bonds is 5. The third kappa shape index (κ3) is 4.17. The lowest BCUT2D eigenvalue weighted by molar-refractivity contribution is -0.131. The van der Waals surface area contributed by atoms with Gasteiger partial charge >= 0.3 is 11.9 Å². The molecule has 0 radical (unpaired) electrons. The minimum absolute atomic E-state index is 0.101. The lowest BCUT2D eigenvalue weighted by Crippen LogP contribution is -2.18. The molecule has 0 bridgehead atoms. The van der Waals surface area contributed by atoms with Crippen molar-refractivity contribution in [3.8, 4) is 5.75 Å². The molecule has 0 heterocycles. The van der Waals surface area contributed by atoms with E-state index >= 15 is 0 Å². The summed E-state index contributed by atoms with van der Waals surface area (Å²) in [6.45, 7) is 8.52. The van der Waals surface area contributed by atoms with Gasteiger partial charge in [-0.1, -0.05) is 18.2 Å². The van der Waals surface area contributed by atoms with Gasteiger partial charge in [0.1, 0.15) is 11.3 Å². The maximum Gasteiger partial charge on any atom is 0.342 e. The quantitative estimate of drug-likeness (QED) is 0.463. The third-order valence-electron chi connectivity index (χ3n) is 4.34. The van der Waals surface area contributed by atoms with Gasteiger partial charge in [0.2, 0.25) is 5.78 Å². The third-order valence-corrected chi connectivity index (χ3v) is 4.34. The summed E-state index contributed by atoms with van der Waals surface area (Å²) in [6, 6.07) is 8.28. The Morgan fingerprint density at radius 2 is 1.50 bits per heavy atom. The van der Waals surface area contributed by atoms with Crippen LogP contribution in [0, 0.1) is 27.7 Å². The fraction of sp³-hybridized carbons (Fsp3) is 0.286. The van der Waals surface area contributed by atoms with E-state index in [0.29, 0.717) is 5.56 Å². The molecule has 2 rings (SSSR count). The number of benzene rings is 2. The lowest BCUT2D eigenvalue weighted by Gasteiger charge is -2.14. The van der Waals surface area contributed by atoms with E-state index in [9.17, 15) is 14.4 Å². The number of para-hydroxylation sites is 1. The second kappa shape index (κ2) is 7.95. The normalized spacial score (nSPS) is 10.3. The highest BCUT2D eigenvalue weighted by atomic mass is 16.5. The van der Waals surface area contributed by atoms with Crippen LogP contribution in [0.1, 0.15) is 49.9 Å². The van der Waals surface area contributed by atoms with Gasteiger partial charge < -0.3 is 9.47 Å². The van der Waals surface area contributed by atoms with Crippen LogP contribution in [-0.4, -0.2) is 24.3 Å². The first-order valence-corrected chi connectivity index (χ1v) is 8.27. The minimum atomic E-state index is -0.713. The van der Waals surface area contributed by atoms with E-state index in [1.165, 1.54) is 19.1 Å². The first kappa shape index (κ1) is 19.4. The van der Waals surface area contributed by atoms with Gasteiger partial charge in [-0.05, 0) is 62.1 Å². The summed E-state index contributed by atoms with van der Waals surface area (Å²) in [5, 5.41) is 0. The van der Waals surface area contributed by atoms with Crippen LogP contribution in [0.4, 0.5) is 0 Å². The van der Waals surface area contributed by atoms with Crippen molar-refractivity contribution < 1.29 is 23.9 Å². The van der Waals surface area contributed by atoms with Crippen LogP contribution in [-0.2, 0) is 9.53 Å². The van der Waals surface area contributed by atoms with Gasteiger partial charge in [-0.3, -0.25) is 9.59 Å². The monoisotopic (exact) mass is 354 g/mol. The molecular weight excluding hydrogens is 332 g/mol. The SMILES string of the molecule is CC(=O)Oc1ccccc1C(=O)OCC(=O)c1c(C)c(C)cc(C)c1C. The van der Waals surface area contributed by atoms with E-state index in [4.69, 9.17) is 9.47 Å². The number of ether oxygens (including phenoxy) is 2. The van der Waals surface area contributed by atoms with Crippen molar-refractivity contribution in [3.05, 3.63) is 63.7 Å². The Balaban J connectivity index is 2.19. The highest BCUT2D eigenvalue weighted by molar-refractivity contribution is 6.02. The standard InChI is InChI=1S/C21H22O5/c1-12-10-13(2)15(4)20(14(12)3)18(23)11-25-21(24)17-8-6-7-9-19(17)26-16(5)22/h6-10H,11H2,1-5H3. The predicted octanol–water partition coefficient (Wildman–Crippen LogP) is 3.89. The summed E-state index contributed by atoms with van der Waals surface area (Å²) in [4.78, 5) is 36.1. The van der Waals surface area contributed by atoms with E-state index in [1.807, 2.05) is 33.8 Å². The summed E-state index contributed by atoms with van der Waals surface area (Å²) in [5.41, 5.74) is 4.49. The molecule has 0 amide bonds. The Kier molecular flexibility index (Phi) is 5.93. The van der Waals surface area contributed by atoms with Crippen LogP contribution in [0.5, 0.6) is 5.75 Å². The van der Waals surface area contributed by atoms with Crippen LogP contribution in [0.2, 0.25) is 0 Å². The number of carbonyl (C=O) groups is 3. The molecule has 2 aromatic carbocycles. The van der Waals surface area contributed by atoms with Crippen LogP contribution in [0.3, 0.4) is 0 Å². The van der Waals surface area contributed by atoms with Crippen molar-refractivity contribution in [2.75, 3.05) is 6.61 Å². The molecule has 0 spiro atoms. The van der Waals surface area contributed by atoms with Gasteiger partial charge in [-0.2, -0.15) is 0 Å². The number of aryl methyl sites for hydroxylation is 2. The predicted molar refractivity (Wildman–Crippen MR) is 97.8 cm³/mol. The molecule has 2 aromatic rings. The van der Waals surface area contributed by atoms with Crippen molar-refractivity contribution in [2.24, 2.45) is 0 Å². The second-order valence-corrected chi connectivity index (χ2v) is 6.22. The van der Waals surface area contributed by atoms with Crippen molar-refractivity contribution in [3.63, 3.8) is 0 Å². The summed E-state index contributed by atoms with van der Waals surface area (Å²) in [6.07, 6.45) is 0. The first-order valence-electron chi connectivity index (χ1n) is 8.27. The molecule has 0 aliphatic carbocycles. The van der Waals surface area contributed by atoms with Crippen molar-refractivity contribution in [2.45, 2.75) is 34.6 Å². The molecule has 0 N–H and O–H groups in total. The number of ketones is 1. The smallest absolute Gasteiger partial charge is 0.342 e. The molecule has 5 heteroatoms. The van der Waals surface area contributed by atoms with Crippen LogP contribution in [0.15, 0.2) is 30.3 Å². The van der Waals surface area contributed by atoms with E-state index in [0.717, 1.165) is 22.3 Å². The Labute approximate surface area is 152 Å². The molecule has 0 aliphatic rings. The second-order valence-electron chi connectivity index (χ2n) is 6.22. The van der Waals surface area contributed by atoms with Crippen molar-refractivity contribution in [1.82, 2.24) is 0 Å². The zero-order chi connectivity index (χ0) is 19.4. The molecule has 26 heavy (non-hydrogen) atoms. The number of Topliss-reactive ketones (excluding diaryl/α,β-unsaturated/α-hetero) is 1. The maximum atomic E-state index is 12.6. The summed E-state index contributed by atoms with van der Waals surface area (Å²) < 4.78 is 10.2. The molecule has 0 saturated carbocycles. The number of carbonyl (C=O) groups excluding carboxylic acids is 3. The Hall–Kier alpha value is -2.95. The van der Waals surface area contributed by atoms with Crippen molar-refractivity contribution >= 4 is 17.7 Å². The average Bonchev–Trinajstić information content (AvgIpc) is 2.58. The van der Waals surface area contributed by atoms with Gasteiger partial charge in [0.15, 0.2) is 6.61 Å². The van der Waals surface area contributed by atoms with Crippen LogP contribution >= 0.6 is 0 Å². The summed E-state index contributed by atoms with van der Waals surface area (Å²) in [7, 11) is 0. The zero-order valence-corrected chi connectivity index (χ0v) is 15.6. The number of hydrogen-bond acceptors (Lipinski definition) is 5. The van der Waals surface area contributed by atoms with Gasteiger partial charge in [-0.15, -0.1) is 0 Å². The van der Waals surface area contributed by atoms with Gasteiger partial charge in [0.05, 0.1) is 0 Å². The number of esters is 2. The Morgan fingerprint density at radius 3 is 2.08 bits per heavy atom. The Bertz CT molecular complexity index is 854. The molecule has 0 unspecified atom stereocenters. The van der Waals surface area contributed by atoms with Crippen LogP contribution < -0.4 is 4.74 Å². The maximum absolute atomic E-state index is 12.6. The molecule has 0 atom stereocenters. The van der Waals surface area contributed by atoms with E-state index in [1.54, 1.807) is 12.1 Å². The lowest BCUT2D eigenvalue weighted by atomic mass is 9.92. The van der Waals surface area contributed by atoms with Gasteiger partial charge in [-0.25, -0.2) is 4.79 Å². The Morgan fingerprint density at radius 1 is 0.923 bits per heavy atom. The van der Waals surface area contributed by atoms with Gasteiger partial charge in [0.25, 0.3) is 0 Å². The molecule has 0 aromatic heterocycles.